The van der Waals surface area contributed by atoms with Gasteiger partial charge in [-0.25, -0.2) is 8.42 Å². The van der Waals surface area contributed by atoms with E-state index in [9.17, 15) is 8.42 Å². The fourth-order valence-corrected chi connectivity index (χ4v) is 3.40. The zero-order valence-electron chi connectivity index (χ0n) is 11.8. The number of anilines is 1. The molecule has 0 unspecified atom stereocenters. The van der Waals surface area contributed by atoms with Crippen LogP contribution in [0.5, 0.6) is 5.75 Å². The molecule has 0 saturated carbocycles. The van der Waals surface area contributed by atoms with Crippen molar-refractivity contribution in [1.82, 2.24) is 0 Å². The molecule has 2 aromatic carbocycles. The van der Waals surface area contributed by atoms with Crippen molar-refractivity contribution >= 4 is 38.9 Å². The van der Waals surface area contributed by atoms with Gasteiger partial charge in [-0.3, -0.25) is 4.72 Å². The van der Waals surface area contributed by atoms with Gasteiger partial charge in [0.05, 0.1) is 28.6 Å². The Morgan fingerprint density at radius 1 is 1.14 bits per heavy atom. The summed E-state index contributed by atoms with van der Waals surface area (Å²) in [6, 6.07) is 12.1. The molecule has 2 aromatic rings. The lowest BCUT2D eigenvalue weighted by atomic mass is 10.2. The number of benzene rings is 2. The number of methoxy groups -OCH3 is 1. The smallest absolute Gasteiger partial charge is 0.233 e. The summed E-state index contributed by atoms with van der Waals surface area (Å²) in [7, 11) is -1.96. The fraction of sp³-hybridized carbons (Fsp3) is 0.200. The fourth-order valence-electron chi connectivity index (χ4n) is 1.88. The minimum atomic E-state index is -3.53. The van der Waals surface area contributed by atoms with Crippen LogP contribution >= 0.6 is 23.2 Å². The molecule has 0 aliphatic heterocycles. The van der Waals surface area contributed by atoms with Crippen molar-refractivity contribution in [3.05, 3.63) is 58.1 Å². The Labute approximate surface area is 140 Å². The Morgan fingerprint density at radius 2 is 1.86 bits per heavy atom. The molecule has 0 heterocycles. The van der Waals surface area contributed by atoms with Gasteiger partial charge >= 0.3 is 0 Å². The molecule has 0 aliphatic carbocycles. The highest BCUT2D eigenvalue weighted by atomic mass is 35.5. The molecule has 0 aliphatic rings. The Bertz CT molecular complexity index is 763. The van der Waals surface area contributed by atoms with E-state index in [4.69, 9.17) is 27.9 Å². The summed E-state index contributed by atoms with van der Waals surface area (Å²) in [5, 5.41) is 0.490. The first kappa shape index (κ1) is 16.9. The molecule has 22 heavy (non-hydrogen) atoms. The average molecular weight is 360 g/mol. The molecule has 0 radical (unpaired) electrons. The summed E-state index contributed by atoms with van der Waals surface area (Å²) in [4.78, 5) is 0. The van der Waals surface area contributed by atoms with Crippen molar-refractivity contribution < 1.29 is 13.2 Å². The van der Waals surface area contributed by atoms with Crippen LogP contribution in [-0.2, 0) is 16.4 Å². The molecule has 0 amide bonds. The van der Waals surface area contributed by atoms with E-state index in [2.05, 4.69) is 4.72 Å². The number of halogens is 2. The standard InChI is InChI=1S/C15H15Cl2NO3S/c1-21-12-5-2-4-11(10-12)8-9-22(19,20)18-14-7-3-6-13(16)15(14)17/h2-7,10,18H,8-9H2,1H3. The molecule has 0 aromatic heterocycles. The van der Waals surface area contributed by atoms with E-state index < -0.39 is 10.0 Å². The summed E-state index contributed by atoms with van der Waals surface area (Å²) >= 11 is 11.8. The average Bonchev–Trinajstić information content (AvgIpc) is 2.50. The van der Waals surface area contributed by atoms with Gasteiger partial charge < -0.3 is 4.74 Å². The normalized spacial score (nSPS) is 11.2. The third-order valence-corrected chi connectivity index (χ3v) is 5.10. The van der Waals surface area contributed by atoms with Crippen LogP contribution < -0.4 is 9.46 Å². The van der Waals surface area contributed by atoms with Crippen molar-refractivity contribution in [2.75, 3.05) is 17.6 Å². The number of nitrogens with one attached hydrogen (secondary N) is 1. The van der Waals surface area contributed by atoms with Crippen LogP contribution in [0.2, 0.25) is 10.0 Å². The quantitative estimate of drug-likeness (QED) is 0.848. The van der Waals surface area contributed by atoms with Crippen LogP contribution in [-0.4, -0.2) is 21.3 Å². The molecule has 0 atom stereocenters. The van der Waals surface area contributed by atoms with Crippen molar-refractivity contribution in [1.29, 1.82) is 0 Å². The van der Waals surface area contributed by atoms with Crippen molar-refractivity contribution in [2.45, 2.75) is 6.42 Å². The zero-order chi connectivity index (χ0) is 16.2. The summed E-state index contributed by atoms with van der Waals surface area (Å²) in [5.41, 5.74) is 1.15. The van der Waals surface area contributed by atoms with E-state index in [1.54, 1.807) is 25.3 Å². The first-order valence-electron chi connectivity index (χ1n) is 6.49. The molecule has 4 nitrogen and oxygen atoms in total. The molecular formula is C15H15Cl2NO3S. The zero-order valence-corrected chi connectivity index (χ0v) is 14.2. The maximum Gasteiger partial charge on any atom is 0.233 e. The monoisotopic (exact) mass is 359 g/mol. The molecule has 0 saturated heterocycles. The largest absolute Gasteiger partial charge is 0.497 e. The van der Waals surface area contributed by atoms with E-state index in [-0.39, 0.29) is 16.5 Å². The Balaban J connectivity index is 2.06. The van der Waals surface area contributed by atoms with Gasteiger partial charge in [-0.15, -0.1) is 0 Å². The van der Waals surface area contributed by atoms with Gasteiger partial charge in [0, 0.05) is 0 Å². The summed E-state index contributed by atoms with van der Waals surface area (Å²) in [5.74, 6) is 0.629. The molecule has 118 valence electrons. The third kappa shape index (κ3) is 4.53. The molecule has 0 bridgehead atoms. The van der Waals surface area contributed by atoms with E-state index in [0.29, 0.717) is 17.2 Å². The van der Waals surface area contributed by atoms with Gasteiger partial charge in [-0.1, -0.05) is 41.4 Å². The molecule has 7 heteroatoms. The Hall–Kier alpha value is -1.43. The van der Waals surface area contributed by atoms with E-state index in [1.165, 1.54) is 0 Å². The first-order valence-corrected chi connectivity index (χ1v) is 8.89. The van der Waals surface area contributed by atoms with Crippen LogP contribution in [0.1, 0.15) is 5.56 Å². The van der Waals surface area contributed by atoms with Crippen molar-refractivity contribution in [3.63, 3.8) is 0 Å². The van der Waals surface area contributed by atoms with Crippen molar-refractivity contribution in [2.24, 2.45) is 0 Å². The van der Waals surface area contributed by atoms with Crippen LogP contribution in [0, 0.1) is 0 Å². The lowest BCUT2D eigenvalue weighted by Gasteiger charge is -2.10. The maximum absolute atomic E-state index is 12.1. The summed E-state index contributed by atoms with van der Waals surface area (Å²) in [6.45, 7) is 0. The van der Waals surface area contributed by atoms with E-state index in [0.717, 1.165) is 5.56 Å². The second-order valence-corrected chi connectivity index (χ2v) is 7.25. The number of sulfonamides is 1. The predicted molar refractivity (Wildman–Crippen MR) is 90.6 cm³/mol. The summed E-state index contributed by atoms with van der Waals surface area (Å²) < 4.78 is 31.9. The number of hydrogen-bond donors (Lipinski definition) is 1. The van der Waals surface area contributed by atoms with Crippen LogP contribution in [0.3, 0.4) is 0 Å². The lowest BCUT2D eigenvalue weighted by molar-refractivity contribution is 0.414. The number of ether oxygens (including phenoxy) is 1. The topological polar surface area (TPSA) is 55.4 Å². The lowest BCUT2D eigenvalue weighted by Crippen LogP contribution is -2.18. The number of aryl methyl sites for hydroxylation is 1. The van der Waals surface area contributed by atoms with Gasteiger partial charge in [-0.2, -0.15) is 0 Å². The van der Waals surface area contributed by atoms with Gasteiger partial charge in [0.25, 0.3) is 0 Å². The second kappa shape index (κ2) is 7.22. The third-order valence-electron chi connectivity index (χ3n) is 3.01. The van der Waals surface area contributed by atoms with Crippen molar-refractivity contribution in [3.8, 4) is 5.75 Å². The predicted octanol–water partition coefficient (Wildman–Crippen LogP) is 3.99. The van der Waals surface area contributed by atoms with Crippen LogP contribution in [0.4, 0.5) is 5.69 Å². The number of rotatable bonds is 6. The second-order valence-electron chi connectivity index (χ2n) is 4.62. The maximum atomic E-state index is 12.1. The molecule has 0 spiro atoms. The minimum Gasteiger partial charge on any atom is -0.497 e. The van der Waals surface area contributed by atoms with Crippen LogP contribution in [0.15, 0.2) is 42.5 Å². The van der Waals surface area contributed by atoms with E-state index >= 15 is 0 Å². The highest BCUT2D eigenvalue weighted by Crippen LogP contribution is 2.30. The molecular weight excluding hydrogens is 345 g/mol. The minimum absolute atomic E-state index is 0.0665. The molecule has 1 N–H and O–H groups in total. The van der Waals surface area contributed by atoms with Gasteiger partial charge in [0.15, 0.2) is 0 Å². The van der Waals surface area contributed by atoms with Crippen LogP contribution in [0.25, 0.3) is 0 Å². The van der Waals surface area contributed by atoms with E-state index in [1.807, 2.05) is 24.3 Å². The highest BCUT2D eigenvalue weighted by molar-refractivity contribution is 7.92. The molecule has 0 fully saturated rings. The van der Waals surface area contributed by atoms with Gasteiger partial charge in [0.2, 0.25) is 10.0 Å². The SMILES string of the molecule is COc1cccc(CCS(=O)(=O)Nc2cccc(Cl)c2Cl)c1. The highest BCUT2D eigenvalue weighted by Gasteiger charge is 2.14. The van der Waals surface area contributed by atoms with Gasteiger partial charge in [-0.05, 0) is 36.2 Å². The molecule has 2 rings (SSSR count). The first-order chi connectivity index (χ1) is 10.4. The Morgan fingerprint density at radius 3 is 2.59 bits per heavy atom. The summed E-state index contributed by atoms with van der Waals surface area (Å²) in [6.07, 6.45) is 0.366. The number of hydrogen-bond acceptors (Lipinski definition) is 3. The Kier molecular flexibility index (Phi) is 5.56. The van der Waals surface area contributed by atoms with Gasteiger partial charge in [0.1, 0.15) is 5.75 Å².